The molecule has 0 aliphatic heterocycles. The van der Waals surface area contributed by atoms with Crippen molar-refractivity contribution in [2.24, 2.45) is 0 Å². The van der Waals surface area contributed by atoms with E-state index < -0.39 is 0 Å². The van der Waals surface area contributed by atoms with Crippen LogP contribution >= 0.6 is 34.0 Å². The van der Waals surface area contributed by atoms with Crippen LogP contribution in [0.15, 0.2) is 48.5 Å². The minimum absolute atomic E-state index is 0.710. The zero-order chi connectivity index (χ0) is 14.9. The van der Waals surface area contributed by atoms with E-state index in [2.05, 4.69) is 36.4 Å². The zero-order valence-electron chi connectivity index (χ0n) is 11.9. The molecule has 4 aromatic rings. The van der Waals surface area contributed by atoms with Crippen LogP contribution in [0.2, 0.25) is 0 Å². The van der Waals surface area contributed by atoms with Gasteiger partial charge in [0.25, 0.3) is 0 Å². The first-order valence-corrected chi connectivity index (χ1v) is 9.47. The van der Waals surface area contributed by atoms with E-state index in [1.165, 1.54) is 19.3 Å². The standard InChI is InChI=1S/C17H13NOS3/c1-2-19-16-10-9-14(21-16)13-7-8-15(20-13)17-18-11-5-3-4-6-12(11)22-17/h3-10H,2H2,1H3. The van der Waals surface area contributed by atoms with E-state index in [0.717, 1.165) is 15.6 Å². The summed E-state index contributed by atoms with van der Waals surface area (Å²) in [5.74, 6) is 0. The fourth-order valence-corrected chi connectivity index (χ4v) is 5.27. The Kier molecular flexibility index (Phi) is 3.70. The van der Waals surface area contributed by atoms with Crippen molar-refractivity contribution in [3.63, 3.8) is 0 Å². The number of benzene rings is 1. The number of hydrogen-bond donors (Lipinski definition) is 0. The topological polar surface area (TPSA) is 22.1 Å². The van der Waals surface area contributed by atoms with Gasteiger partial charge < -0.3 is 4.74 Å². The second kappa shape index (κ2) is 5.83. The molecular weight excluding hydrogens is 330 g/mol. The van der Waals surface area contributed by atoms with E-state index in [4.69, 9.17) is 9.72 Å². The van der Waals surface area contributed by atoms with E-state index in [-0.39, 0.29) is 0 Å². The molecule has 0 atom stereocenters. The fraction of sp³-hybridized carbons (Fsp3) is 0.118. The number of hydrogen-bond acceptors (Lipinski definition) is 5. The number of thiazole rings is 1. The van der Waals surface area contributed by atoms with Crippen LogP contribution in [0.1, 0.15) is 6.92 Å². The maximum Gasteiger partial charge on any atom is 0.174 e. The molecule has 0 bridgehead atoms. The van der Waals surface area contributed by atoms with Crippen molar-refractivity contribution >= 4 is 44.2 Å². The molecule has 0 amide bonds. The van der Waals surface area contributed by atoms with Crippen LogP contribution < -0.4 is 4.74 Å². The van der Waals surface area contributed by atoms with Crippen molar-refractivity contribution in [1.29, 1.82) is 0 Å². The Balaban J connectivity index is 1.67. The van der Waals surface area contributed by atoms with Crippen LogP contribution in [0.4, 0.5) is 0 Å². The summed E-state index contributed by atoms with van der Waals surface area (Å²) in [4.78, 5) is 8.48. The number of rotatable bonds is 4. The Labute approximate surface area is 140 Å². The number of thiophene rings is 2. The van der Waals surface area contributed by atoms with E-state index in [9.17, 15) is 0 Å². The maximum atomic E-state index is 5.55. The summed E-state index contributed by atoms with van der Waals surface area (Å²) in [7, 11) is 0. The second-order valence-corrected chi connectivity index (χ2v) is 7.86. The molecule has 0 radical (unpaired) electrons. The molecule has 0 aliphatic rings. The molecule has 0 N–H and O–H groups in total. The van der Waals surface area contributed by atoms with Crippen molar-refractivity contribution in [1.82, 2.24) is 4.98 Å². The van der Waals surface area contributed by atoms with Crippen LogP contribution in [0.3, 0.4) is 0 Å². The summed E-state index contributed by atoms with van der Waals surface area (Å²) in [5, 5.41) is 2.08. The predicted octanol–water partition coefficient (Wildman–Crippen LogP) is 6.15. The minimum Gasteiger partial charge on any atom is -0.484 e. The van der Waals surface area contributed by atoms with E-state index in [0.29, 0.717) is 6.61 Å². The van der Waals surface area contributed by atoms with Gasteiger partial charge in [-0.25, -0.2) is 4.98 Å². The summed E-state index contributed by atoms with van der Waals surface area (Å²) in [6.07, 6.45) is 0. The average molecular weight is 343 g/mol. The lowest BCUT2D eigenvalue weighted by Gasteiger charge is -1.95. The van der Waals surface area contributed by atoms with Gasteiger partial charge in [-0.05, 0) is 43.3 Å². The highest BCUT2D eigenvalue weighted by Crippen LogP contribution is 2.41. The Morgan fingerprint density at radius 3 is 2.50 bits per heavy atom. The number of para-hydroxylation sites is 1. The van der Waals surface area contributed by atoms with Crippen LogP contribution in [0.5, 0.6) is 5.06 Å². The molecule has 0 fully saturated rings. The van der Waals surface area contributed by atoms with Crippen LogP contribution in [0, 0.1) is 0 Å². The first kappa shape index (κ1) is 13.9. The lowest BCUT2D eigenvalue weighted by Crippen LogP contribution is -1.86. The predicted molar refractivity (Wildman–Crippen MR) is 97.4 cm³/mol. The molecule has 1 aromatic carbocycles. The highest BCUT2D eigenvalue weighted by molar-refractivity contribution is 7.28. The molecule has 5 heteroatoms. The van der Waals surface area contributed by atoms with Crippen molar-refractivity contribution in [2.45, 2.75) is 6.92 Å². The number of fused-ring (bicyclic) bond motifs is 1. The van der Waals surface area contributed by atoms with Gasteiger partial charge in [0.15, 0.2) is 5.06 Å². The van der Waals surface area contributed by atoms with Gasteiger partial charge in [-0.3, -0.25) is 0 Å². The Bertz CT molecular complexity index is 886. The normalized spacial score (nSPS) is 11.1. The van der Waals surface area contributed by atoms with Crippen LogP contribution in [-0.4, -0.2) is 11.6 Å². The quantitative estimate of drug-likeness (QED) is 0.443. The monoisotopic (exact) mass is 343 g/mol. The third kappa shape index (κ3) is 2.56. The zero-order valence-corrected chi connectivity index (χ0v) is 14.4. The van der Waals surface area contributed by atoms with Gasteiger partial charge in [0.05, 0.1) is 21.7 Å². The highest BCUT2D eigenvalue weighted by atomic mass is 32.1. The third-order valence-electron chi connectivity index (χ3n) is 3.22. The molecule has 110 valence electrons. The molecule has 0 saturated heterocycles. The Morgan fingerprint density at radius 1 is 0.864 bits per heavy atom. The van der Waals surface area contributed by atoms with E-state index in [1.807, 2.05) is 19.1 Å². The maximum absolute atomic E-state index is 5.55. The number of ether oxygens (including phenoxy) is 1. The molecule has 2 nitrogen and oxygen atoms in total. The van der Waals surface area contributed by atoms with Gasteiger partial charge in [-0.15, -0.1) is 22.7 Å². The summed E-state index contributed by atoms with van der Waals surface area (Å²) in [6.45, 7) is 2.72. The largest absolute Gasteiger partial charge is 0.484 e. The highest BCUT2D eigenvalue weighted by Gasteiger charge is 2.11. The first-order chi connectivity index (χ1) is 10.8. The lowest BCUT2D eigenvalue weighted by atomic mass is 10.3. The third-order valence-corrected chi connectivity index (χ3v) is 6.71. The van der Waals surface area contributed by atoms with Crippen LogP contribution in [-0.2, 0) is 0 Å². The molecule has 0 unspecified atom stereocenters. The molecule has 4 rings (SSSR count). The number of nitrogens with zero attached hydrogens (tertiary/aromatic N) is 1. The lowest BCUT2D eigenvalue weighted by molar-refractivity contribution is 0.350. The van der Waals surface area contributed by atoms with Gasteiger partial charge in [0, 0.05) is 9.75 Å². The van der Waals surface area contributed by atoms with Crippen molar-refractivity contribution in [3.8, 4) is 24.7 Å². The molecule has 0 saturated carbocycles. The fourth-order valence-electron chi connectivity index (χ4n) is 2.24. The molecule has 0 spiro atoms. The Hall–Kier alpha value is -1.69. The molecular formula is C17H13NOS3. The summed E-state index contributed by atoms with van der Waals surface area (Å²) in [5.41, 5.74) is 1.08. The molecule has 22 heavy (non-hydrogen) atoms. The Morgan fingerprint density at radius 2 is 1.64 bits per heavy atom. The van der Waals surface area contributed by atoms with Crippen molar-refractivity contribution in [3.05, 3.63) is 48.5 Å². The number of aromatic nitrogens is 1. The minimum atomic E-state index is 0.710. The van der Waals surface area contributed by atoms with E-state index in [1.54, 1.807) is 34.0 Å². The summed E-state index contributed by atoms with van der Waals surface area (Å²) < 4.78 is 6.79. The van der Waals surface area contributed by atoms with Crippen molar-refractivity contribution in [2.75, 3.05) is 6.61 Å². The second-order valence-electron chi connectivity index (χ2n) is 4.70. The van der Waals surface area contributed by atoms with Crippen LogP contribution in [0.25, 0.3) is 29.9 Å². The van der Waals surface area contributed by atoms with Gasteiger partial charge in [0.2, 0.25) is 0 Å². The van der Waals surface area contributed by atoms with Gasteiger partial charge in [-0.1, -0.05) is 23.5 Å². The SMILES string of the molecule is CCOc1ccc(-c2ccc(-c3nc4ccccc4s3)s2)s1. The molecule has 0 aliphatic carbocycles. The first-order valence-electron chi connectivity index (χ1n) is 7.02. The molecule has 3 heterocycles. The van der Waals surface area contributed by atoms with E-state index >= 15 is 0 Å². The molecule has 3 aromatic heterocycles. The van der Waals surface area contributed by atoms with Crippen molar-refractivity contribution < 1.29 is 4.74 Å². The van der Waals surface area contributed by atoms with Gasteiger partial charge in [0.1, 0.15) is 5.01 Å². The smallest absolute Gasteiger partial charge is 0.174 e. The van der Waals surface area contributed by atoms with Gasteiger partial charge >= 0.3 is 0 Å². The van der Waals surface area contributed by atoms with Gasteiger partial charge in [-0.2, -0.15) is 0 Å². The summed E-state index contributed by atoms with van der Waals surface area (Å²) in [6, 6.07) is 16.8. The average Bonchev–Trinajstić information content (AvgIpc) is 3.25. The summed E-state index contributed by atoms with van der Waals surface area (Å²) >= 11 is 5.23.